The molecule has 0 radical (unpaired) electrons. The Labute approximate surface area is 181 Å². The summed E-state index contributed by atoms with van der Waals surface area (Å²) in [4.78, 5) is 25.7. The van der Waals surface area contributed by atoms with Gasteiger partial charge in [0.1, 0.15) is 36.5 Å². The minimum absolute atomic E-state index is 0.151. The third-order valence-electron chi connectivity index (χ3n) is 4.39. The lowest BCUT2D eigenvalue weighted by Crippen LogP contribution is -2.45. The molecule has 2 aromatic carbocycles. The Hall–Kier alpha value is -3.43. The number of esters is 1. The number of hydrogen-bond acceptors (Lipinski definition) is 4. The van der Waals surface area contributed by atoms with Crippen molar-refractivity contribution < 1.29 is 41.0 Å². The highest BCUT2D eigenvalue weighted by Crippen LogP contribution is 2.34. The number of alkyl halides is 3. The first kappa shape index (κ1) is 24.8. The summed E-state index contributed by atoms with van der Waals surface area (Å²) in [5.74, 6) is -4.60. The van der Waals surface area contributed by atoms with Gasteiger partial charge in [-0.05, 0) is 23.3 Å². The Balaban J connectivity index is 2.28. The molecule has 0 aromatic heterocycles. The van der Waals surface area contributed by atoms with E-state index in [1.807, 2.05) is 0 Å². The molecule has 5 nitrogen and oxygen atoms in total. The second kappa shape index (κ2) is 10.7. The number of likely N-dealkylation sites (N-methyl/N-ethyl adjacent to an activating group) is 1. The quantitative estimate of drug-likeness (QED) is 0.322. The molecule has 0 saturated heterocycles. The van der Waals surface area contributed by atoms with Crippen molar-refractivity contribution in [3.8, 4) is 0 Å². The van der Waals surface area contributed by atoms with Crippen LogP contribution >= 0.6 is 0 Å². The van der Waals surface area contributed by atoms with E-state index in [1.54, 1.807) is 30.3 Å². The minimum Gasteiger partial charge on any atom is -0.459 e. The summed E-state index contributed by atoms with van der Waals surface area (Å²) in [7, 11) is 1.19. The number of benzene rings is 2. The monoisotopic (exact) mass is 457 g/mol. The molecule has 0 aliphatic rings. The van der Waals surface area contributed by atoms with E-state index in [9.17, 15) is 31.5 Å². The zero-order valence-electron chi connectivity index (χ0n) is 17.0. The van der Waals surface area contributed by atoms with E-state index in [4.69, 9.17) is 9.47 Å². The molecule has 0 fully saturated rings. The smallest absolute Gasteiger partial charge is 0.422 e. The van der Waals surface area contributed by atoms with E-state index in [0.717, 1.165) is 4.90 Å². The number of nitrogens with zero attached hydrogens (tertiary/aromatic N) is 1. The number of amides is 1. The fourth-order valence-corrected chi connectivity index (χ4v) is 2.80. The first-order chi connectivity index (χ1) is 15.0. The van der Waals surface area contributed by atoms with Gasteiger partial charge in [0.15, 0.2) is 0 Å². The highest BCUT2D eigenvalue weighted by molar-refractivity contribution is 5.81. The first-order valence-electron chi connectivity index (χ1n) is 9.30. The fourth-order valence-electron chi connectivity index (χ4n) is 2.80. The summed E-state index contributed by atoms with van der Waals surface area (Å²) < 4.78 is 76.4. The zero-order chi connectivity index (χ0) is 23.9. The van der Waals surface area contributed by atoms with Crippen LogP contribution in [0.15, 0.2) is 55.1 Å². The number of ether oxygens (including phenoxy) is 2. The molecule has 1 unspecified atom stereocenters. The highest BCUT2D eigenvalue weighted by Gasteiger charge is 2.38. The molecular weight excluding hydrogens is 437 g/mol. The Bertz CT molecular complexity index is 940. The zero-order valence-corrected chi connectivity index (χ0v) is 17.0. The molecule has 0 heterocycles. The number of carbonyl (C=O) groups is 2. The van der Waals surface area contributed by atoms with E-state index < -0.39 is 47.9 Å². The van der Waals surface area contributed by atoms with Crippen LogP contribution in [-0.4, -0.2) is 36.7 Å². The summed E-state index contributed by atoms with van der Waals surface area (Å²) in [6.45, 7) is 3.07. The molecule has 10 heteroatoms. The minimum atomic E-state index is -5.23. The standard InChI is InChI=1S/C22H20F5NO4/c1-3-9-31-21(30)28(2)18(20(29)32-13-14-7-5-4-6-8-14)12-15-10-16(23)19(17(24)11-15)22(25,26)27/h3-8,10-11,18H,1,9,12-13H2,2H3. The van der Waals surface area contributed by atoms with Crippen LogP contribution in [-0.2, 0) is 33.5 Å². The second-order valence-corrected chi connectivity index (χ2v) is 6.72. The molecule has 2 rings (SSSR count). The number of carbonyl (C=O) groups excluding carboxylic acids is 2. The normalized spacial score (nSPS) is 12.1. The molecule has 0 aliphatic carbocycles. The first-order valence-corrected chi connectivity index (χ1v) is 9.30. The number of halogens is 5. The average Bonchev–Trinajstić information content (AvgIpc) is 2.72. The van der Waals surface area contributed by atoms with Crippen LogP contribution < -0.4 is 0 Å². The molecule has 0 saturated carbocycles. The fraction of sp³-hybridized carbons (Fsp3) is 0.273. The molecule has 1 atom stereocenters. The largest absolute Gasteiger partial charge is 0.459 e. The maximum atomic E-state index is 14.0. The van der Waals surface area contributed by atoms with Crippen molar-refractivity contribution in [2.45, 2.75) is 25.2 Å². The second-order valence-electron chi connectivity index (χ2n) is 6.72. The lowest BCUT2D eigenvalue weighted by Gasteiger charge is -2.26. The molecule has 0 N–H and O–H groups in total. The van der Waals surface area contributed by atoms with Crippen LogP contribution in [0.2, 0.25) is 0 Å². The van der Waals surface area contributed by atoms with E-state index in [2.05, 4.69) is 6.58 Å². The van der Waals surface area contributed by atoms with Crippen molar-refractivity contribution in [2.24, 2.45) is 0 Å². The third-order valence-corrected chi connectivity index (χ3v) is 4.39. The van der Waals surface area contributed by atoms with Crippen LogP contribution in [0.1, 0.15) is 16.7 Å². The van der Waals surface area contributed by atoms with Crippen LogP contribution in [0.5, 0.6) is 0 Å². The Morgan fingerprint density at radius 1 is 1.06 bits per heavy atom. The van der Waals surface area contributed by atoms with Crippen LogP contribution in [0.4, 0.5) is 26.7 Å². The molecular formula is C22H20F5NO4. The number of hydrogen-bond donors (Lipinski definition) is 0. The average molecular weight is 457 g/mol. The summed E-state index contributed by atoms with van der Waals surface area (Å²) in [6.07, 6.45) is -5.42. The SMILES string of the molecule is C=CCOC(=O)N(C)C(Cc1cc(F)c(C(F)(F)F)c(F)c1)C(=O)OCc1ccccc1. The van der Waals surface area contributed by atoms with Crippen LogP contribution in [0.3, 0.4) is 0 Å². The Kier molecular flexibility index (Phi) is 8.34. The van der Waals surface area contributed by atoms with E-state index >= 15 is 0 Å². The van der Waals surface area contributed by atoms with Gasteiger partial charge in [0, 0.05) is 13.5 Å². The lowest BCUT2D eigenvalue weighted by atomic mass is 10.0. The molecule has 172 valence electrons. The molecule has 0 aliphatic heterocycles. The van der Waals surface area contributed by atoms with Gasteiger partial charge < -0.3 is 9.47 Å². The van der Waals surface area contributed by atoms with Gasteiger partial charge >= 0.3 is 18.2 Å². The predicted octanol–water partition coefficient (Wildman–Crippen LogP) is 4.89. The van der Waals surface area contributed by atoms with Gasteiger partial charge in [-0.3, -0.25) is 4.90 Å². The van der Waals surface area contributed by atoms with E-state index in [1.165, 1.54) is 13.1 Å². The molecule has 1 amide bonds. The van der Waals surface area contributed by atoms with Gasteiger partial charge in [-0.15, -0.1) is 0 Å². The Morgan fingerprint density at radius 2 is 1.66 bits per heavy atom. The molecule has 0 spiro atoms. The topological polar surface area (TPSA) is 55.8 Å². The van der Waals surface area contributed by atoms with Gasteiger partial charge in [0.25, 0.3) is 0 Å². The maximum Gasteiger partial charge on any atom is 0.422 e. The molecule has 0 bridgehead atoms. The van der Waals surface area contributed by atoms with Crippen molar-refractivity contribution in [3.05, 3.63) is 83.4 Å². The summed E-state index contributed by atoms with van der Waals surface area (Å²) >= 11 is 0. The van der Waals surface area contributed by atoms with E-state index in [-0.39, 0.29) is 18.8 Å². The predicted molar refractivity (Wildman–Crippen MR) is 104 cm³/mol. The summed E-state index contributed by atoms with van der Waals surface area (Å²) in [6, 6.07) is 8.06. The van der Waals surface area contributed by atoms with Gasteiger partial charge in [-0.1, -0.05) is 43.0 Å². The Morgan fingerprint density at radius 3 is 2.19 bits per heavy atom. The van der Waals surface area contributed by atoms with Crippen molar-refractivity contribution in [1.29, 1.82) is 0 Å². The highest BCUT2D eigenvalue weighted by atomic mass is 19.4. The summed E-state index contributed by atoms with van der Waals surface area (Å²) in [5, 5.41) is 0. The number of rotatable bonds is 8. The van der Waals surface area contributed by atoms with Crippen molar-refractivity contribution in [3.63, 3.8) is 0 Å². The summed E-state index contributed by atoms with van der Waals surface area (Å²) in [5.41, 5.74) is -1.68. The van der Waals surface area contributed by atoms with Gasteiger partial charge in [0.05, 0.1) is 0 Å². The molecule has 32 heavy (non-hydrogen) atoms. The maximum absolute atomic E-state index is 14.0. The van der Waals surface area contributed by atoms with Gasteiger partial charge in [0.2, 0.25) is 0 Å². The molecule has 2 aromatic rings. The van der Waals surface area contributed by atoms with Crippen molar-refractivity contribution >= 4 is 12.1 Å². The van der Waals surface area contributed by atoms with Gasteiger partial charge in [-0.2, -0.15) is 13.2 Å². The van der Waals surface area contributed by atoms with Crippen LogP contribution in [0, 0.1) is 11.6 Å². The van der Waals surface area contributed by atoms with Crippen molar-refractivity contribution in [2.75, 3.05) is 13.7 Å². The van der Waals surface area contributed by atoms with Gasteiger partial charge in [-0.25, -0.2) is 18.4 Å². The van der Waals surface area contributed by atoms with Crippen LogP contribution in [0.25, 0.3) is 0 Å². The lowest BCUT2D eigenvalue weighted by molar-refractivity contribution is -0.150. The van der Waals surface area contributed by atoms with E-state index in [0.29, 0.717) is 17.7 Å². The third kappa shape index (κ3) is 6.53. The van der Waals surface area contributed by atoms with Crippen molar-refractivity contribution in [1.82, 2.24) is 4.90 Å².